The number of piperazine rings is 1. The van der Waals surface area contributed by atoms with Gasteiger partial charge < -0.3 is 13.9 Å². The van der Waals surface area contributed by atoms with Gasteiger partial charge >= 0.3 is 0 Å². The van der Waals surface area contributed by atoms with Gasteiger partial charge in [0.05, 0.1) is 6.54 Å². The number of likely N-dealkylation sites (tertiary alicyclic amines) is 1. The molecular formula is C23H31N3O3. The van der Waals surface area contributed by atoms with E-state index in [4.69, 9.17) is 13.9 Å². The van der Waals surface area contributed by atoms with Crippen LogP contribution in [0.5, 0.6) is 11.5 Å². The van der Waals surface area contributed by atoms with Crippen LogP contribution in [0.25, 0.3) is 0 Å². The Kier molecular flexibility index (Phi) is 5.48. The van der Waals surface area contributed by atoms with Gasteiger partial charge in [-0.15, -0.1) is 0 Å². The minimum Gasteiger partial charge on any atom is -0.465 e. The highest BCUT2D eigenvalue weighted by atomic mass is 16.7. The van der Waals surface area contributed by atoms with Crippen molar-refractivity contribution in [3.8, 4) is 11.5 Å². The zero-order valence-corrected chi connectivity index (χ0v) is 17.3. The van der Waals surface area contributed by atoms with E-state index in [2.05, 4.69) is 39.0 Å². The summed E-state index contributed by atoms with van der Waals surface area (Å²) in [6.45, 7) is 11.2. The van der Waals surface area contributed by atoms with E-state index in [1.165, 1.54) is 24.9 Å². The molecule has 0 spiro atoms. The van der Waals surface area contributed by atoms with Gasteiger partial charge in [0.1, 0.15) is 11.5 Å². The van der Waals surface area contributed by atoms with Crippen LogP contribution in [0.1, 0.15) is 29.9 Å². The molecule has 6 nitrogen and oxygen atoms in total. The van der Waals surface area contributed by atoms with Crippen LogP contribution in [0.4, 0.5) is 0 Å². The molecule has 4 heterocycles. The normalized spacial score (nSPS) is 23.6. The second kappa shape index (κ2) is 8.38. The molecule has 1 atom stereocenters. The summed E-state index contributed by atoms with van der Waals surface area (Å²) in [6.07, 6.45) is 2.59. The molecule has 2 aromatic rings. The fourth-order valence-corrected chi connectivity index (χ4v) is 4.85. The third kappa shape index (κ3) is 4.44. The highest BCUT2D eigenvalue weighted by Gasteiger charge is 2.28. The molecule has 3 aliphatic rings. The number of fused-ring (bicyclic) bond motifs is 1. The molecule has 0 N–H and O–H groups in total. The summed E-state index contributed by atoms with van der Waals surface area (Å²) < 4.78 is 16.7. The van der Waals surface area contributed by atoms with Crippen LogP contribution in [0.3, 0.4) is 0 Å². The lowest BCUT2D eigenvalue weighted by Gasteiger charge is -2.43. The van der Waals surface area contributed by atoms with Crippen LogP contribution in [-0.2, 0) is 13.1 Å². The lowest BCUT2D eigenvalue weighted by molar-refractivity contribution is 0.0458. The third-order valence-electron chi connectivity index (χ3n) is 6.42. The molecule has 0 aliphatic carbocycles. The van der Waals surface area contributed by atoms with E-state index in [1.807, 2.05) is 13.0 Å². The minimum atomic E-state index is 0.343. The van der Waals surface area contributed by atoms with Crippen molar-refractivity contribution in [2.75, 3.05) is 46.1 Å². The van der Waals surface area contributed by atoms with Crippen molar-refractivity contribution in [1.82, 2.24) is 14.7 Å². The van der Waals surface area contributed by atoms with Crippen molar-refractivity contribution in [3.63, 3.8) is 0 Å². The molecule has 2 saturated heterocycles. The number of benzene rings is 1. The number of nitrogens with zero attached hydrogens (tertiary/aromatic N) is 3. The number of hydrogen-bond donors (Lipinski definition) is 0. The maximum Gasteiger partial charge on any atom is 0.231 e. The van der Waals surface area contributed by atoms with E-state index in [0.717, 1.165) is 68.8 Å². The zero-order valence-electron chi connectivity index (χ0n) is 17.3. The van der Waals surface area contributed by atoms with Crippen LogP contribution >= 0.6 is 0 Å². The van der Waals surface area contributed by atoms with Crippen LogP contribution in [0.2, 0.25) is 0 Å². The Hall–Kier alpha value is -2.02. The molecule has 3 aliphatic heterocycles. The summed E-state index contributed by atoms with van der Waals surface area (Å²) in [5.74, 6) is 3.85. The summed E-state index contributed by atoms with van der Waals surface area (Å²) in [7, 11) is 0. The molecule has 0 radical (unpaired) electrons. The predicted molar refractivity (Wildman–Crippen MR) is 111 cm³/mol. The van der Waals surface area contributed by atoms with Crippen LogP contribution in [0.15, 0.2) is 34.7 Å². The van der Waals surface area contributed by atoms with Gasteiger partial charge in [-0.3, -0.25) is 14.7 Å². The summed E-state index contributed by atoms with van der Waals surface area (Å²) in [6, 6.07) is 11.2. The highest BCUT2D eigenvalue weighted by molar-refractivity contribution is 5.44. The SMILES string of the molecule is Cc1ccc(CN2CCCC(N3CCN(Cc4ccc5c(c4)OCO5)CC3)C2)o1. The van der Waals surface area contributed by atoms with Gasteiger partial charge in [0, 0.05) is 45.3 Å². The Balaban J connectivity index is 1.11. The van der Waals surface area contributed by atoms with E-state index >= 15 is 0 Å². The van der Waals surface area contributed by atoms with Gasteiger partial charge in [-0.1, -0.05) is 6.07 Å². The molecular weight excluding hydrogens is 366 g/mol. The lowest BCUT2D eigenvalue weighted by Crippen LogP contribution is -2.54. The smallest absolute Gasteiger partial charge is 0.231 e. The van der Waals surface area contributed by atoms with Crippen LogP contribution in [-0.4, -0.2) is 66.8 Å². The molecule has 6 heteroatoms. The fourth-order valence-electron chi connectivity index (χ4n) is 4.85. The highest BCUT2D eigenvalue weighted by Crippen LogP contribution is 2.33. The molecule has 0 saturated carbocycles. The van der Waals surface area contributed by atoms with Crippen molar-refractivity contribution >= 4 is 0 Å². The average molecular weight is 398 g/mol. The summed E-state index contributed by atoms with van der Waals surface area (Å²) in [4.78, 5) is 7.82. The molecule has 0 bridgehead atoms. The first-order valence-corrected chi connectivity index (χ1v) is 10.9. The number of furan rings is 1. The number of ether oxygens (including phenoxy) is 2. The van der Waals surface area contributed by atoms with E-state index in [9.17, 15) is 0 Å². The molecule has 1 unspecified atom stereocenters. The standard InChI is InChI=1S/C23H31N3O3/c1-18-4-6-21(29-18)16-25-8-2-3-20(15-25)26-11-9-24(10-12-26)14-19-5-7-22-23(13-19)28-17-27-22/h4-7,13,20H,2-3,8-12,14-17H2,1H3. The third-order valence-corrected chi connectivity index (χ3v) is 6.42. The Morgan fingerprint density at radius 3 is 2.59 bits per heavy atom. The van der Waals surface area contributed by atoms with Crippen LogP contribution in [0, 0.1) is 6.92 Å². The van der Waals surface area contributed by atoms with Crippen molar-refractivity contribution in [3.05, 3.63) is 47.4 Å². The predicted octanol–water partition coefficient (Wildman–Crippen LogP) is 3.10. The van der Waals surface area contributed by atoms with E-state index in [-0.39, 0.29) is 0 Å². The van der Waals surface area contributed by atoms with Crippen molar-refractivity contribution < 1.29 is 13.9 Å². The average Bonchev–Trinajstić information content (AvgIpc) is 3.37. The molecule has 29 heavy (non-hydrogen) atoms. The molecule has 1 aromatic carbocycles. The molecule has 0 amide bonds. The Bertz CT molecular complexity index is 829. The van der Waals surface area contributed by atoms with Gasteiger partial charge in [-0.05, 0) is 56.1 Å². The van der Waals surface area contributed by atoms with Gasteiger partial charge in [-0.2, -0.15) is 0 Å². The first-order chi connectivity index (χ1) is 14.2. The van der Waals surface area contributed by atoms with Crippen LogP contribution < -0.4 is 9.47 Å². The van der Waals surface area contributed by atoms with E-state index in [0.29, 0.717) is 12.8 Å². The quantitative estimate of drug-likeness (QED) is 0.772. The van der Waals surface area contributed by atoms with Crippen molar-refractivity contribution in [2.45, 2.75) is 38.9 Å². The first kappa shape index (κ1) is 19.0. The Labute approximate surface area is 173 Å². The number of aryl methyl sites for hydroxylation is 1. The Morgan fingerprint density at radius 2 is 1.76 bits per heavy atom. The Morgan fingerprint density at radius 1 is 0.897 bits per heavy atom. The second-order valence-electron chi connectivity index (χ2n) is 8.54. The lowest BCUT2D eigenvalue weighted by atomic mass is 10.0. The van der Waals surface area contributed by atoms with Gasteiger partial charge in [-0.25, -0.2) is 0 Å². The van der Waals surface area contributed by atoms with Gasteiger partial charge in [0.2, 0.25) is 6.79 Å². The second-order valence-corrected chi connectivity index (χ2v) is 8.54. The maximum absolute atomic E-state index is 5.79. The van der Waals surface area contributed by atoms with Gasteiger partial charge in [0.25, 0.3) is 0 Å². The van der Waals surface area contributed by atoms with E-state index < -0.39 is 0 Å². The first-order valence-electron chi connectivity index (χ1n) is 10.9. The fraction of sp³-hybridized carbons (Fsp3) is 0.565. The zero-order chi connectivity index (χ0) is 19.6. The molecule has 1 aromatic heterocycles. The monoisotopic (exact) mass is 397 g/mol. The van der Waals surface area contributed by atoms with Crippen molar-refractivity contribution in [1.29, 1.82) is 0 Å². The topological polar surface area (TPSA) is 41.3 Å². The van der Waals surface area contributed by atoms with Crippen molar-refractivity contribution in [2.24, 2.45) is 0 Å². The molecule has 156 valence electrons. The molecule has 2 fully saturated rings. The summed E-state index contributed by atoms with van der Waals surface area (Å²) >= 11 is 0. The summed E-state index contributed by atoms with van der Waals surface area (Å²) in [5, 5.41) is 0. The largest absolute Gasteiger partial charge is 0.465 e. The number of piperidine rings is 1. The minimum absolute atomic E-state index is 0.343. The number of hydrogen-bond acceptors (Lipinski definition) is 6. The molecule has 5 rings (SSSR count). The van der Waals surface area contributed by atoms with Gasteiger partial charge in [0.15, 0.2) is 11.5 Å². The summed E-state index contributed by atoms with van der Waals surface area (Å²) in [5.41, 5.74) is 1.31. The van der Waals surface area contributed by atoms with E-state index in [1.54, 1.807) is 0 Å². The maximum atomic E-state index is 5.79. The number of rotatable bonds is 5.